The van der Waals surface area contributed by atoms with Gasteiger partial charge in [-0.15, -0.1) is 0 Å². The number of nitrogens with zero attached hydrogens (tertiary/aromatic N) is 2. The molecule has 0 aliphatic rings. The van der Waals surface area contributed by atoms with Gasteiger partial charge in [-0.25, -0.2) is 0 Å². The number of rotatable bonds is 1. The topological polar surface area (TPSA) is 41.6 Å². The number of H-pyrrole nitrogens is 1. The minimum absolute atomic E-state index is 0.0775. The minimum atomic E-state index is -4.44. The second-order valence-corrected chi connectivity index (χ2v) is 3.67. The standard InChI is InChI=1S/C10H6F3N3S/c11-10(12,13)7-3-4-14-5-6(7)8-1-2-9(17)16-15-8/h1-5H,(H,16,17). The summed E-state index contributed by atoms with van der Waals surface area (Å²) in [5, 5.41) is 6.20. The van der Waals surface area contributed by atoms with Crippen LogP contribution in [0.25, 0.3) is 11.3 Å². The highest BCUT2D eigenvalue weighted by molar-refractivity contribution is 7.71. The van der Waals surface area contributed by atoms with Crippen molar-refractivity contribution in [2.45, 2.75) is 6.18 Å². The van der Waals surface area contributed by atoms with Gasteiger partial charge in [-0.3, -0.25) is 10.1 Å². The third kappa shape index (κ3) is 2.50. The van der Waals surface area contributed by atoms with Crippen LogP contribution in [0.2, 0.25) is 0 Å². The zero-order chi connectivity index (χ0) is 12.5. The van der Waals surface area contributed by atoms with Crippen LogP contribution in [0.3, 0.4) is 0 Å². The smallest absolute Gasteiger partial charge is 0.267 e. The molecule has 7 heteroatoms. The summed E-state index contributed by atoms with van der Waals surface area (Å²) in [4.78, 5) is 3.68. The molecule has 0 atom stereocenters. The van der Waals surface area contributed by atoms with Gasteiger partial charge in [0, 0.05) is 18.0 Å². The van der Waals surface area contributed by atoms with Gasteiger partial charge in [0.15, 0.2) is 0 Å². The maximum absolute atomic E-state index is 12.7. The van der Waals surface area contributed by atoms with Crippen LogP contribution in [0, 0.1) is 4.64 Å². The third-order valence-corrected chi connectivity index (χ3v) is 2.31. The lowest BCUT2D eigenvalue weighted by molar-refractivity contribution is -0.137. The molecule has 0 aromatic carbocycles. The molecule has 0 saturated carbocycles. The van der Waals surface area contributed by atoms with Gasteiger partial charge in [-0.1, -0.05) is 12.2 Å². The first-order valence-electron chi connectivity index (χ1n) is 4.56. The molecule has 2 rings (SSSR count). The molecule has 0 saturated heterocycles. The highest BCUT2D eigenvalue weighted by Gasteiger charge is 2.33. The Hall–Kier alpha value is -1.76. The minimum Gasteiger partial charge on any atom is -0.267 e. The van der Waals surface area contributed by atoms with Crippen molar-refractivity contribution in [1.82, 2.24) is 15.2 Å². The first-order valence-corrected chi connectivity index (χ1v) is 4.96. The predicted octanol–water partition coefficient (Wildman–Crippen LogP) is 3.22. The molecule has 88 valence electrons. The molecule has 0 radical (unpaired) electrons. The summed E-state index contributed by atoms with van der Waals surface area (Å²) in [7, 11) is 0. The second kappa shape index (κ2) is 4.25. The van der Waals surface area contributed by atoms with E-state index in [2.05, 4.69) is 15.2 Å². The van der Waals surface area contributed by atoms with E-state index in [0.29, 0.717) is 4.64 Å². The summed E-state index contributed by atoms with van der Waals surface area (Å²) in [6.07, 6.45) is -2.22. The Labute approximate surface area is 99.3 Å². The lowest BCUT2D eigenvalue weighted by Gasteiger charge is -2.10. The lowest BCUT2D eigenvalue weighted by Crippen LogP contribution is -2.08. The van der Waals surface area contributed by atoms with E-state index >= 15 is 0 Å². The Kier molecular flexibility index (Phi) is 2.93. The lowest BCUT2D eigenvalue weighted by atomic mass is 10.1. The highest BCUT2D eigenvalue weighted by Crippen LogP contribution is 2.35. The second-order valence-electron chi connectivity index (χ2n) is 3.23. The first kappa shape index (κ1) is 11.7. The summed E-state index contributed by atoms with van der Waals surface area (Å²) in [6, 6.07) is 3.81. The maximum Gasteiger partial charge on any atom is 0.417 e. The molecule has 0 aliphatic heterocycles. The number of alkyl halides is 3. The average Bonchev–Trinajstić information content (AvgIpc) is 2.29. The largest absolute Gasteiger partial charge is 0.417 e. The highest BCUT2D eigenvalue weighted by atomic mass is 32.1. The van der Waals surface area contributed by atoms with Gasteiger partial charge in [-0.2, -0.15) is 18.3 Å². The Balaban J connectivity index is 2.60. The zero-order valence-corrected chi connectivity index (χ0v) is 9.14. The number of aromatic amines is 1. The summed E-state index contributed by atoms with van der Waals surface area (Å²) in [6.45, 7) is 0. The van der Waals surface area contributed by atoms with Gasteiger partial charge in [-0.05, 0) is 18.2 Å². The van der Waals surface area contributed by atoms with E-state index in [0.717, 1.165) is 18.5 Å². The number of pyridine rings is 1. The fourth-order valence-corrected chi connectivity index (χ4v) is 1.45. The summed E-state index contributed by atoms with van der Waals surface area (Å²) in [5.41, 5.74) is -0.698. The van der Waals surface area contributed by atoms with Crippen LogP contribution < -0.4 is 0 Å². The molecule has 2 aromatic heterocycles. The van der Waals surface area contributed by atoms with Crippen molar-refractivity contribution in [3.8, 4) is 11.3 Å². The third-order valence-electron chi connectivity index (χ3n) is 2.08. The zero-order valence-electron chi connectivity index (χ0n) is 8.32. The van der Waals surface area contributed by atoms with Gasteiger partial charge < -0.3 is 0 Å². The van der Waals surface area contributed by atoms with Gasteiger partial charge in [0.2, 0.25) is 0 Å². The van der Waals surface area contributed by atoms with Crippen molar-refractivity contribution in [1.29, 1.82) is 0 Å². The Morgan fingerprint density at radius 3 is 2.53 bits per heavy atom. The van der Waals surface area contributed by atoms with E-state index in [9.17, 15) is 13.2 Å². The molecule has 3 nitrogen and oxygen atoms in total. The fourth-order valence-electron chi connectivity index (χ4n) is 1.34. The normalized spacial score (nSPS) is 11.5. The van der Waals surface area contributed by atoms with Crippen molar-refractivity contribution >= 4 is 12.2 Å². The number of hydrogen-bond donors (Lipinski definition) is 1. The molecule has 0 amide bonds. The molecular formula is C10H6F3N3S. The van der Waals surface area contributed by atoms with Crippen LogP contribution in [0.1, 0.15) is 5.56 Å². The van der Waals surface area contributed by atoms with Crippen molar-refractivity contribution in [3.05, 3.63) is 40.8 Å². The molecule has 1 N–H and O–H groups in total. The number of halogens is 3. The maximum atomic E-state index is 12.7. The fraction of sp³-hybridized carbons (Fsp3) is 0.100. The first-order chi connectivity index (χ1) is 7.98. The summed E-state index contributed by atoms with van der Waals surface area (Å²) in [5.74, 6) is 0. The van der Waals surface area contributed by atoms with E-state index in [1.165, 1.54) is 12.1 Å². The number of hydrogen-bond acceptors (Lipinski definition) is 3. The van der Waals surface area contributed by atoms with E-state index in [1.54, 1.807) is 0 Å². The molecule has 0 fully saturated rings. The SMILES string of the molecule is FC(F)(F)c1ccncc1-c1ccc(=S)[nH]n1. The monoisotopic (exact) mass is 257 g/mol. The average molecular weight is 257 g/mol. The van der Waals surface area contributed by atoms with E-state index in [-0.39, 0.29) is 11.3 Å². The van der Waals surface area contributed by atoms with Crippen LogP contribution in [0.15, 0.2) is 30.6 Å². The van der Waals surface area contributed by atoms with Crippen LogP contribution >= 0.6 is 12.2 Å². The Morgan fingerprint density at radius 2 is 1.94 bits per heavy atom. The van der Waals surface area contributed by atoms with Crippen molar-refractivity contribution in [2.75, 3.05) is 0 Å². The van der Waals surface area contributed by atoms with Gasteiger partial charge in [0.1, 0.15) is 4.64 Å². The molecule has 0 aliphatic carbocycles. The van der Waals surface area contributed by atoms with E-state index in [4.69, 9.17) is 12.2 Å². The Morgan fingerprint density at radius 1 is 1.18 bits per heavy atom. The number of aromatic nitrogens is 3. The van der Waals surface area contributed by atoms with Gasteiger partial charge in [0.05, 0.1) is 11.3 Å². The predicted molar refractivity (Wildman–Crippen MR) is 57.7 cm³/mol. The van der Waals surface area contributed by atoms with Crippen LogP contribution in [0.5, 0.6) is 0 Å². The quantitative estimate of drug-likeness (QED) is 0.797. The van der Waals surface area contributed by atoms with E-state index < -0.39 is 11.7 Å². The van der Waals surface area contributed by atoms with Gasteiger partial charge in [0.25, 0.3) is 0 Å². The van der Waals surface area contributed by atoms with E-state index in [1.807, 2.05) is 0 Å². The summed E-state index contributed by atoms with van der Waals surface area (Å²) < 4.78 is 38.5. The molecule has 2 aromatic rings. The van der Waals surface area contributed by atoms with Crippen LogP contribution in [-0.4, -0.2) is 15.2 Å². The molecule has 0 bridgehead atoms. The molecule has 17 heavy (non-hydrogen) atoms. The molecular weight excluding hydrogens is 251 g/mol. The molecule has 0 unspecified atom stereocenters. The molecule has 0 spiro atoms. The van der Waals surface area contributed by atoms with Crippen molar-refractivity contribution in [2.24, 2.45) is 0 Å². The van der Waals surface area contributed by atoms with Crippen LogP contribution in [0.4, 0.5) is 13.2 Å². The van der Waals surface area contributed by atoms with Crippen molar-refractivity contribution < 1.29 is 13.2 Å². The molecule has 2 heterocycles. The summed E-state index contributed by atoms with van der Waals surface area (Å²) >= 11 is 4.77. The number of nitrogens with one attached hydrogen (secondary N) is 1. The van der Waals surface area contributed by atoms with Crippen LogP contribution in [-0.2, 0) is 6.18 Å². The van der Waals surface area contributed by atoms with Crippen molar-refractivity contribution in [3.63, 3.8) is 0 Å². The van der Waals surface area contributed by atoms with Gasteiger partial charge >= 0.3 is 6.18 Å². The Bertz CT molecular complexity index is 571.